The van der Waals surface area contributed by atoms with E-state index in [1.807, 2.05) is 0 Å². The Morgan fingerprint density at radius 2 is 2.25 bits per heavy atom. The summed E-state index contributed by atoms with van der Waals surface area (Å²) in [6.45, 7) is 4.04. The van der Waals surface area contributed by atoms with Crippen molar-refractivity contribution in [2.24, 2.45) is 0 Å². The first kappa shape index (κ1) is 10.9. The molecular formula is C10H15N3O3. The summed E-state index contributed by atoms with van der Waals surface area (Å²) in [4.78, 5) is 12.2. The molecule has 0 radical (unpaired) electrons. The van der Waals surface area contributed by atoms with E-state index in [1.54, 1.807) is 13.8 Å². The van der Waals surface area contributed by atoms with Crippen LogP contribution in [0.25, 0.3) is 0 Å². The van der Waals surface area contributed by atoms with Gasteiger partial charge in [-0.15, -0.1) is 0 Å². The van der Waals surface area contributed by atoms with E-state index in [-0.39, 0.29) is 0 Å². The van der Waals surface area contributed by atoms with Crippen LogP contribution in [0, 0.1) is 0 Å². The van der Waals surface area contributed by atoms with Crippen LogP contribution in [0.4, 0.5) is 4.79 Å². The van der Waals surface area contributed by atoms with E-state index in [0.717, 1.165) is 11.3 Å². The first-order chi connectivity index (χ1) is 7.39. The number of nitrogens with zero attached hydrogens (tertiary/aromatic N) is 2. The maximum atomic E-state index is 10.9. The molecular weight excluding hydrogens is 210 g/mol. The molecule has 1 aromatic rings. The molecule has 2 rings (SSSR count). The number of rotatable bonds is 1. The normalized spacial score (nSPS) is 16.1. The van der Waals surface area contributed by atoms with Gasteiger partial charge in [0.15, 0.2) is 0 Å². The van der Waals surface area contributed by atoms with Crippen LogP contribution in [0.1, 0.15) is 30.8 Å². The van der Waals surface area contributed by atoms with Crippen LogP contribution in [0.3, 0.4) is 0 Å². The molecule has 1 amide bonds. The number of nitrogens with one attached hydrogen (secondary N) is 1. The van der Waals surface area contributed by atoms with E-state index < -0.39 is 11.7 Å². The van der Waals surface area contributed by atoms with E-state index in [0.29, 0.717) is 25.2 Å². The summed E-state index contributed by atoms with van der Waals surface area (Å²) >= 11 is 0. The number of aromatic nitrogens is 2. The Kier molecular flexibility index (Phi) is 2.38. The van der Waals surface area contributed by atoms with Gasteiger partial charge in [0.2, 0.25) is 0 Å². The van der Waals surface area contributed by atoms with Gasteiger partial charge in [-0.25, -0.2) is 4.79 Å². The molecule has 0 bridgehead atoms. The fourth-order valence-corrected chi connectivity index (χ4v) is 1.96. The van der Waals surface area contributed by atoms with Crippen molar-refractivity contribution in [1.29, 1.82) is 0 Å². The summed E-state index contributed by atoms with van der Waals surface area (Å²) < 4.78 is 0. The lowest BCUT2D eigenvalue weighted by Gasteiger charge is -2.26. The predicted molar refractivity (Wildman–Crippen MR) is 56.0 cm³/mol. The van der Waals surface area contributed by atoms with Crippen molar-refractivity contribution in [3.05, 3.63) is 17.0 Å². The van der Waals surface area contributed by atoms with Crippen LogP contribution in [0.5, 0.6) is 0 Å². The molecule has 0 aliphatic carbocycles. The summed E-state index contributed by atoms with van der Waals surface area (Å²) in [5, 5.41) is 25.8. The first-order valence-electron chi connectivity index (χ1n) is 5.16. The lowest BCUT2D eigenvalue weighted by molar-refractivity contribution is 0.0712. The lowest BCUT2D eigenvalue weighted by atomic mass is 9.96. The van der Waals surface area contributed by atoms with Crippen LogP contribution in [-0.4, -0.2) is 37.9 Å². The number of hydrogen-bond acceptors (Lipinski definition) is 3. The molecule has 0 unspecified atom stereocenters. The number of hydrogen-bond donors (Lipinski definition) is 3. The fraction of sp³-hybridized carbons (Fsp3) is 0.600. The third kappa shape index (κ3) is 1.76. The molecule has 1 aliphatic rings. The number of carbonyl (C=O) groups is 1. The Bertz CT molecular complexity index is 419. The van der Waals surface area contributed by atoms with Gasteiger partial charge in [0.05, 0.1) is 12.2 Å². The number of aromatic amines is 1. The molecule has 88 valence electrons. The van der Waals surface area contributed by atoms with Gasteiger partial charge >= 0.3 is 6.09 Å². The van der Waals surface area contributed by atoms with Gasteiger partial charge in [-0.3, -0.25) is 5.10 Å². The number of aliphatic hydroxyl groups is 1. The number of amides is 1. The highest BCUT2D eigenvalue weighted by Crippen LogP contribution is 2.27. The van der Waals surface area contributed by atoms with Gasteiger partial charge in [-0.2, -0.15) is 5.10 Å². The Hall–Kier alpha value is -1.56. The second kappa shape index (κ2) is 3.48. The van der Waals surface area contributed by atoms with Crippen LogP contribution in [0.15, 0.2) is 0 Å². The molecule has 0 spiro atoms. The molecule has 0 atom stereocenters. The molecule has 0 saturated heterocycles. The van der Waals surface area contributed by atoms with Crippen LogP contribution < -0.4 is 0 Å². The molecule has 0 aromatic carbocycles. The maximum Gasteiger partial charge on any atom is 0.407 e. The van der Waals surface area contributed by atoms with Gasteiger partial charge in [-0.1, -0.05) is 0 Å². The monoisotopic (exact) mass is 225 g/mol. The van der Waals surface area contributed by atoms with Gasteiger partial charge in [-0.05, 0) is 13.8 Å². The minimum absolute atomic E-state index is 0.292. The lowest BCUT2D eigenvalue weighted by Crippen LogP contribution is -2.35. The van der Waals surface area contributed by atoms with Crippen molar-refractivity contribution in [2.75, 3.05) is 6.54 Å². The highest BCUT2D eigenvalue weighted by molar-refractivity contribution is 5.65. The molecule has 0 fully saturated rings. The highest BCUT2D eigenvalue weighted by Gasteiger charge is 2.30. The number of fused-ring (bicyclic) bond motifs is 1. The number of H-pyrrole nitrogens is 1. The minimum atomic E-state index is -1.05. The van der Waals surface area contributed by atoms with Crippen molar-refractivity contribution in [3.8, 4) is 0 Å². The van der Waals surface area contributed by atoms with Crippen molar-refractivity contribution < 1.29 is 15.0 Å². The van der Waals surface area contributed by atoms with Crippen molar-refractivity contribution in [3.63, 3.8) is 0 Å². The summed E-state index contributed by atoms with van der Waals surface area (Å²) in [6, 6.07) is 0. The quantitative estimate of drug-likeness (QED) is 0.655. The highest BCUT2D eigenvalue weighted by atomic mass is 16.4. The Morgan fingerprint density at radius 3 is 2.81 bits per heavy atom. The van der Waals surface area contributed by atoms with Crippen LogP contribution in [-0.2, 0) is 18.6 Å². The molecule has 6 nitrogen and oxygen atoms in total. The third-order valence-electron chi connectivity index (χ3n) is 2.78. The van der Waals surface area contributed by atoms with Crippen LogP contribution in [0.2, 0.25) is 0 Å². The molecule has 6 heteroatoms. The van der Waals surface area contributed by atoms with Crippen LogP contribution >= 0.6 is 0 Å². The minimum Gasteiger partial charge on any atom is -0.465 e. The summed E-state index contributed by atoms with van der Waals surface area (Å²) in [5.74, 6) is 0. The average Bonchev–Trinajstić information content (AvgIpc) is 2.58. The van der Waals surface area contributed by atoms with E-state index in [4.69, 9.17) is 5.11 Å². The van der Waals surface area contributed by atoms with Crippen molar-refractivity contribution >= 4 is 6.09 Å². The Morgan fingerprint density at radius 1 is 1.56 bits per heavy atom. The van der Waals surface area contributed by atoms with E-state index in [2.05, 4.69) is 10.2 Å². The second-order valence-corrected chi connectivity index (χ2v) is 4.54. The topological polar surface area (TPSA) is 89.5 Å². The average molecular weight is 225 g/mol. The van der Waals surface area contributed by atoms with Gasteiger partial charge in [0.25, 0.3) is 0 Å². The zero-order valence-electron chi connectivity index (χ0n) is 9.32. The molecule has 1 aliphatic heterocycles. The predicted octanol–water partition coefficient (Wildman–Crippen LogP) is 0.673. The first-order valence-corrected chi connectivity index (χ1v) is 5.16. The summed E-state index contributed by atoms with van der Waals surface area (Å²) in [7, 11) is 0. The number of carboxylic acid groups (broad SMARTS) is 1. The molecule has 16 heavy (non-hydrogen) atoms. The summed E-state index contributed by atoms with van der Waals surface area (Å²) in [6.07, 6.45) is -0.321. The zero-order valence-corrected chi connectivity index (χ0v) is 9.32. The smallest absolute Gasteiger partial charge is 0.407 e. The van der Waals surface area contributed by atoms with Gasteiger partial charge in [0, 0.05) is 24.2 Å². The SMILES string of the molecule is CC(C)(O)c1n[nH]c2c1CN(C(=O)O)CC2. The van der Waals surface area contributed by atoms with E-state index >= 15 is 0 Å². The molecule has 0 saturated carbocycles. The largest absolute Gasteiger partial charge is 0.465 e. The van der Waals surface area contributed by atoms with Gasteiger partial charge in [0.1, 0.15) is 5.60 Å². The fourth-order valence-electron chi connectivity index (χ4n) is 1.96. The molecule has 3 N–H and O–H groups in total. The van der Waals surface area contributed by atoms with Crippen molar-refractivity contribution in [1.82, 2.24) is 15.1 Å². The third-order valence-corrected chi connectivity index (χ3v) is 2.78. The zero-order chi connectivity index (χ0) is 11.9. The molecule has 1 aromatic heterocycles. The van der Waals surface area contributed by atoms with Crippen molar-refractivity contribution in [2.45, 2.75) is 32.4 Å². The van der Waals surface area contributed by atoms with E-state index in [9.17, 15) is 9.90 Å². The van der Waals surface area contributed by atoms with E-state index in [1.165, 1.54) is 4.90 Å². The standard InChI is InChI=1S/C10H15N3O3/c1-10(2,16)8-6-5-13(9(14)15)4-3-7(6)11-12-8/h16H,3-5H2,1-2H3,(H,11,12)(H,14,15). The Labute approximate surface area is 92.9 Å². The molecule has 2 heterocycles. The second-order valence-electron chi connectivity index (χ2n) is 4.54. The van der Waals surface area contributed by atoms with Gasteiger partial charge < -0.3 is 15.1 Å². The Balaban J connectivity index is 2.35. The maximum absolute atomic E-state index is 10.9. The summed E-state index contributed by atoms with van der Waals surface area (Å²) in [5.41, 5.74) is 1.22.